The van der Waals surface area contributed by atoms with Gasteiger partial charge in [0.15, 0.2) is 0 Å². The van der Waals surface area contributed by atoms with Crippen molar-refractivity contribution in [2.45, 2.75) is 11.8 Å². The maximum Gasteiger partial charge on any atom is 0.256 e. The third-order valence-electron chi connectivity index (χ3n) is 2.48. The van der Waals surface area contributed by atoms with Crippen molar-refractivity contribution >= 4 is 40.2 Å². The van der Waals surface area contributed by atoms with Crippen molar-refractivity contribution in [1.82, 2.24) is 0 Å². The number of anilines is 1. The van der Waals surface area contributed by atoms with Gasteiger partial charge in [-0.05, 0) is 42.8 Å². The van der Waals surface area contributed by atoms with Crippen LogP contribution in [0.2, 0.25) is 0 Å². The molecule has 0 unspecified atom stereocenters. The van der Waals surface area contributed by atoms with Gasteiger partial charge in [-0.2, -0.15) is 0 Å². The molecule has 0 fully saturated rings. The number of thiol groups is 1. The zero-order chi connectivity index (χ0) is 13.1. The summed E-state index contributed by atoms with van der Waals surface area (Å²) in [5, 5.41) is 2.86. The molecule has 0 saturated carbocycles. The predicted octanol–water partition coefficient (Wildman–Crippen LogP) is 4.30. The molecule has 92 valence electrons. The molecule has 1 N–H and O–H groups in total. The molecule has 1 amide bonds. The van der Waals surface area contributed by atoms with Gasteiger partial charge in [-0.1, -0.05) is 28.1 Å². The normalized spacial score (nSPS) is 10.2. The van der Waals surface area contributed by atoms with Crippen molar-refractivity contribution in [3.05, 3.63) is 58.1 Å². The standard InChI is InChI=1S/C14H12BrNOS/c1-9-3-2-4-11(7-9)16-14(17)12-6-5-10(15)8-13(12)18/h2-8,18H,1H3,(H,16,17). The lowest BCUT2D eigenvalue weighted by atomic mass is 10.2. The molecule has 2 rings (SSSR count). The highest BCUT2D eigenvalue weighted by Crippen LogP contribution is 2.21. The van der Waals surface area contributed by atoms with Crippen LogP contribution in [-0.2, 0) is 0 Å². The second kappa shape index (κ2) is 5.59. The molecule has 0 heterocycles. The van der Waals surface area contributed by atoms with Crippen molar-refractivity contribution in [2.75, 3.05) is 5.32 Å². The van der Waals surface area contributed by atoms with Crippen LogP contribution in [0.15, 0.2) is 51.8 Å². The van der Waals surface area contributed by atoms with Gasteiger partial charge in [0.2, 0.25) is 0 Å². The van der Waals surface area contributed by atoms with Gasteiger partial charge in [-0.3, -0.25) is 4.79 Å². The van der Waals surface area contributed by atoms with Gasteiger partial charge in [0, 0.05) is 15.1 Å². The minimum absolute atomic E-state index is 0.155. The minimum Gasteiger partial charge on any atom is -0.322 e. The number of rotatable bonds is 2. The average Bonchev–Trinajstić information content (AvgIpc) is 2.28. The fraction of sp³-hybridized carbons (Fsp3) is 0.0714. The molecule has 2 nitrogen and oxygen atoms in total. The van der Waals surface area contributed by atoms with Crippen LogP contribution in [-0.4, -0.2) is 5.91 Å². The molecule has 0 spiro atoms. The highest BCUT2D eigenvalue weighted by atomic mass is 79.9. The van der Waals surface area contributed by atoms with E-state index in [-0.39, 0.29) is 5.91 Å². The molecule has 18 heavy (non-hydrogen) atoms. The predicted molar refractivity (Wildman–Crippen MR) is 80.5 cm³/mol. The van der Waals surface area contributed by atoms with Crippen LogP contribution in [0, 0.1) is 6.92 Å². The van der Waals surface area contributed by atoms with E-state index in [9.17, 15) is 4.79 Å². The van der Waals surface area contributed by atoms with Crippen molar-refractivity contribution in [3.8, 4) is 0 Å². The zero-order valence-electron chi connectivity index (χ0n) is 9.77. The number of halogens is 1. The molecule has 0 atom stereocenters. The van der Waals surface area contributed by atoms with Crippen molar-refractivity contribution in [3.63, 3.8) is 0 Å². The van der Waals surface area contributed by atoms with E-state index in [4.69, 9.17) is 0 Å². The molecule has 2 aromatic rings. The van der Waals surface area contributed by atoms with Crippen LogP contribution in [0.4, 0.5) is 5.69 Å². The third kappa shape index (κ3) is 3.15. The maximum atomic E-state index is 12.1. The summed E-state index contributed by atoms with van der Waals surface area (Å²) < 4.78 is 0.902. The number of benzene rings is 2. The molecule has 0 aliphatic heterocycles. The summed E-state index contributed by atoms with van der Waals surface area (Å²) >= 11 is 7.64. The first-order valence-electron chi connectivity index (χ1n) is 5.43. The summed E-state index contributed by atoms with van der Waals surface area (Å²) in [6, 6.07) is 13.1. The number of carbonyl (C=O) groups excluding carboxylic acids is 1. The van der Waals surface area contributed by atoms with Gasteiger partial charge in [-0.25, -0.2) is 0 Å². The Labute approximate surface area is 120 Å². The Morgan fingerprint density at radius 3 is 2.67 bits per heavy atom. The molecule has 0 bridgehead atoms. The summed E-state index contributed by atoms with van der Waals surface area (Å²) in [6.45, 7) is 1.99. The van der Waals surface area contributed by atoms with Crippen molar-refractivity contribution in [1.29, 1.82) is 0 Å². The number of nitrogens with one attached hydrogen (secondary N) is 1. The van der Waals surface area contributed by atoms with Crippen LogP contribution in [0.5, 0.6) is 0 Å². The minimum atomic E-state index is -0.155. The SMILES string of the molecule is Cc1cccc(NC(=O)c2ccc(Br)cc2S)c1. The van der Waals surface area contributed by atoms with Crippen LogP contribution >= 0.6 is 28.6 Å². The lowest BCUT2D eigenvalue weighted by molar-refractivity contribution is 0.102. The van der Waals surface area contributed by atoms with E-state index in [1.54, 1.807) is 12.1 Å². The van der Waals surface area contributed by atoms with Gasteiger partial charge in [-0.15, -0.1) is 12.6 Å². The first kappa shape index (κ1) is 13.2. The highest BCUT2D eigenvalue weighted by Gasteiger charge is 2.09. The van der Waals surface area contributed by atoms with E-state index in [0.29, 0.717) is 10.5 Å². The fourth-order valence-electron chi connectivity index (χ4n) is 1.62. The first-order chi connectivity index (χ1) is 8.56. The Hall–Kier alpha value is -1.26. The highest BCUT2D eigenvalue weighted by molar-refractivity contribution is 9.10. The number of hydrogen-bond donors (Lipinski definition) is 2. The lowest BCUT2D eigenvalue weighted by Gasteiger charge is -2.08. The third-order valence-corrected chi connectivity index (χ3v) is 3.34. The smallest absolute Gasteiger partial charge is 0.256 e. The molecule has 0 aliphatic rings. The average molecular weight is 322 g/mol. The molecule has 0 aliphatic carbocycles. The van der Waals surface area contributed by atoms with Gasteiger partial charge < -0.3 is 5.32 Å². The number of aryl methyl sites for hydroxylation is 1. The summed E-state index contributed by atoms with van der Waals surface area (Å²) in [5.41, 5.74) is 2.45. The van der Waals surface area contributed by atoms with Crippen LogP contribution in [0.3, 0.4) is 0 Å². The van der Waals surface area contributed by atoms with E-state index in [2.05, 4.69) is 33.9 Å². The maximum absolute atomic E-state index is 12.1. The molecule has 2 aromatic carbocycles. The number of hydrogen-bond acceptors (Lipinski definition) is 2. The zero-order valence-corrected chi connectivity index (χ0v) is 12.3. The number of amides is 1. The summed E-state index contributed by atoms with van der Waals surface area (Å²) in [4.78, 5) is 12.7. The summed E-state index contributed by atoms with van der Waals surface area (Å²) in [5.74, 6) is -0.155. The Kier molecular flexibility index (Phi) is 4.09. The van der Waals surface area contributed by atoms with Crippen LogP contribution in [0.1, 0.15) is 15.9 Å². The van der Waals surface area contributed by atoms with Crippen LogP contribution < -0.4 is 5.32 Å². The van der Waals surface area contributed by atoms with Crippen molar-refractivity contribution < 1.29 is 4.79 Å². The number of carbonyl (C=O) groups is 1. The molecular formula is C14H12BrNOS. The molecule has 0 saturated heterocycles. The summed E-state index contributed by atoms with van der Waals surface area (Å²) in [6.07, 6.45) is 0. The van der Waals surface area contributed by atoms with E-state index in [0.717, 1.165) is 15.7 Å². The first-order valence-corrected chi connectivity index (χ1v) is 6.67. The Bertz CT molecular complexity index is 598. The molecular weight excluding hydrogens is 310 g/mol. The molecule has 0 aromatic heterocycles. The second-order valence-electron chi connectivity index (χ2n) is 3.99. The molecule has 0 radical (unpaired) electrons. The second-order valence-corrected chi connectivity index (χ2v) is 5.38. The van der Waals surface area contributed by atoms with E-state index >= 15 is 0 Å². The molecule has 4 heteroatoms. The van der Waals surface area contributed by atoms with Crippen molar-refractivity contribution in [2.24, 2.45) is 0 Å². The Balaban J connectivity index is 2.22. The van der Waals surface area contributed by atoms with E-state index in [1.165, 1.54) is 0 Å². The topological polar surface area (TPSA) is 29.1 Å². The van der Waals surface area contributed by atoms with E-state index < -0.39 is 0 Å². The van der Waals surface area contributed by atoms with E-state index in [1.807, 2.05) is 37.3 Å². The Morgan fingerprint density at radius 2 is 2.00 bits per heavy atom. The van der Waals surface area contributed by atoms with Crippen LogP contribution in [0.25, 0.3) is 0 Å². The fourth-order valence-corrected chi connectivity index (χ4v) is 2.47. The van der Waals surface area contributed by atoms with Gasteiger partial charge in [0.25, 0.3) is 5.91 Å². The lowest BCUT2D eigenvalue weighted by Crippen LogP contribution is -2.12. The monoisotopic (exact) mass is 321 g/mol. The summed E-state index contributed by atoms with van der Waals surface area (Å²) in [7, 11) is 0. The van der Waals surface area contributed by atoms with Gasteiger partial charge in [0.05, 0.1) is 5.56 Å². The largest absolute Gasteiger partial charge is 0.322 e. The van der Waals surface area contributed by atoms with Gasteiger partial charge in [0.1, 0.15) is 0 Å². The Morgan fingerprint density at radius 1 is 1.22 bits per heavy atom. The quantitative estimate of drug-likeness (QED) is 0.793. The van der Waals surface area contributed by atoms with Gasteiger partial charge >= 0.3 is 0 Å².